The van der Waals surface area contributed by atoms with Crippen LogP contribution in [0.5, 0.6) is 0 Å². The summed E-state index contributed by atoms with van der Waals surface area (Å²) in [5, 5.41) is 0. The fraction of sp³-hybridized carbons (Fsp3) is 0.385. The summed E-state index contributed by atoms with van der Waals surface area (Å²) in [6.07, 6.45) is 2.39. The molecule has 0 amide bonds. The van der Waals surface area contributed by atoms with Crippen LogP contribution in [0, 0.1) is 5.92 Å². The molecule has 2 rings (SSSR count). The van der Waals surface area contributed by atoms with Gasteiger partial charge in [-0.1, -0.05) is 24.3 Å². The van der Waals surface area contributed by atoms with Gasteiger partial charge in [0, 0.05) is 0 Å². The molecule has 0 atom stereocenters. The molecule has 0 unspecified atom stereocenters. The SMILES string of the molecule is Cl.NC(N)=NC(CC1Cc2ccccc2C1)N=C(N)N. The third-order valence-electron chi connectivity index (χ3n) is 3.28. The zero-order chi connectivity index (χ0) is 13.8. The van der Waals surface area contributed by atoms with Crippen molar-refractivity contribution >= 4 is 24.3 Å². The number of halogens is 1. The standard InChI is InChI=1S/C13H20N6.ClH/c14-12(15)18-11(19-13(16)17)7-8-5-9-3-1-2-4-10(9)6-8;/h1-4,8,11H,5-7H2,(H4,14,15,18)(H4,16,17,19);1H. The second-order valence-corrected chi connectivity index (χ2v) is 4.87. The predicted molar refractivity (Wildman–Crippen MR) is 84.6 cm³/mol. The molecule has 0 aromatic heterocycles. The molecule has 0 saturated carbocycles. The zero-order valence-corrected chi connectivity index (χ0v) is 12.0. The summed E-state index contributed by atoms with van der Waals surface area (Å²) in [7, 11) is 0. The van der Waals surface area contributed by atoms with Crippen LogP contribution >= 0.6 is 12.4 Å². The Kier molecular flexibility index (Phi) is 5.64. The Labute approximate surface area is 124 Å². The molecule has 0 aliphatic heterocycles. The molecule has 1 aliphatic carbocycles. The molecule has 1 aromatic rings. The van der Waals surface area contributed by atoms with E-state index in [0.717, 1.165) is 19.3 Å². The average Bonchev–Trinajstić information content (AvgIpc) is 2.68. The lowest BCUT2D eigenvalue weighted by Gasteiger charge is -2.13. The van der Waals surface area contributed by atoms with E-state index in [2.05, 4.69) is 34.3 Å². The Morgan fingerprint density at radius 1 is 1.00 bits per heavy atom. The van der Waals surface area contributed by atoms with Crippen molar-refractivity contribution in [3.8, 4) is 0 Å². The highest BCUT2D eigenvalue weighted by atomic mass is 35.5. The number of nitrogens with zero attached hydrogens (tertiary/aromatic N) is 2. The van der Waals surface area contributed by atoms with Crippen LogP contribution in [0.1, 0.15) is 17.5 Å². The monoisotopic (exact) mass is 296 g/mol. The van der Waals surface area contributed by atoms with E-state index >= 15 is 0 Å². The second kappa shape index (κ2) is 7.00. The molecule has 0 bridgehead atoms. The molecule has 1 aromatic carbocycles. The Balaban J connectivity index is 0.00000200. The van der Waals surface area contributed by atoms with E-state index in [0.29, 0.717) is 5.92 Å². The Bertz CT molecular complexity index is 462. The Morgan fingerprint density at radius 3 is 1.85 bits per heavy atom. The quantitative estimate of drug-likeness (QED) is 0.463. The molecule has 0 spiro atoms. The van der Waals surface area contributed by atoms with Gasteiger partial charge in [-0.3, -0.25) is 0 Å². The highest BCUT2D eigenvalue weighted by molar-refractivity contribution is 5.85. The summed E-state index contributed by atoms with van der Waals surface area (Å²) in [5.74, 6) is 0.477. The lowest BCUT2D eigenvalue weighted by Crippen LogP contribution is -2.29. The van der Waals surface area contributed by atoms with Crippen molar-refractivity contribution in [1.82, 2.24) is 0 Å². The maximum Gasteiger partial charge on any atom is 0.188 e. The van der Waals surface area contributed by atoms with Crippen LogP contribution in [0.25, 0.3) is 0 Å². The molecule has 0 saturated heterocycles. The number of hydrogen-bond donors (Lipinski definition) is 4. The van der Waals surface area contributed by atoms with E-state index in [1.165, 1.54) is 11.1 Å². The summed E-state index contributed by atoms with van der Waals surface area (Å²) in [6, 6.07) is 8.44. The highest BCUT2D eigenvalue weighted by Crippen LogP contribution is 2.30. The summed E-state index contributed by atoms with van der Waals surface area (Å²) in [4.78, 5) is 8.14. The van der Waals surface area contributed by atoms with Crippen LogP contribution in [-0.2, 0) is 12.8 Å². The van der Waals surface area contributed by atoms with Gasteiger partial charge >= 0.3 is 0 Å². The van der Waals surface area contributed by atoms with Crippen molar-refractivity contribution in [2.45, 2.75) is 25.4 Å². The van der Waals surface area contributed by atoms with Crippen LogP contribution in [0.4, 0.5) is 0 Å². The number of nitrogens with two attached hydrogens (primary N) is 4. The Hall–Kier alpha value is -1.95. The Morgan fingerprint density at radius 2 is 1.45 bits per heavy atom. The largest absolute Gasteiger partial charge is 0.370 e. The van der Waals surface area contributed by atoms with E-state index in [1.807, 2.05) is 0 Å². The molecule has 0 fully saturated rings. The van der Waals surface area contributed by atoms with Crippen molar-refractivity contribution in [1.29, 1.82) is 0 Å². The smallest absolute Gasteiger partial charge is 0.188 e. The first-order valence-corrected chi connectivity index (χ1v) is 6.29. The predicted octanol–water partition coefficient (Wildman–Crippen LogP) is 0.0862. The summed E-state index contributed by atoms with van der Waals surface area (Å²) >= 11 is 0. The van der Waals surface area contributed by atoms with Gasteiger partial charge in [-0.25, -0.2) is 9.98 Å². The summed E-state index contributed by atoms with van der Waals surface area (Å²) in [6.45, 7) is 0. The van der Waals surface area contributed by atoms with Crippen molar-refractivity contribution in [3.63, 3.8) is 0 Å². The molecule has 0 radical (unpaired) electrons. The first-order valence-electron chi connectivity index (χ1n) is 6.29. The van der Waals surface area contributed by atoms with Crippen molar-refractivity contribution < 1.29 is 0 Å². The van der Waals surface area contributed by atoms with Crippen LogP contribution in [0.2, 0.25) is 0 Å². The van der Waals surface area contributed by atoms with Crippen molar-refractivity contribution in [3.05, 3.63) is 35.4 Å². The molecule has 7 heteroatoms. The van der Waals surface area contributed by atoms with Gasteiger partial charge < -0.3 is 22.9 Å². The molecule has 20 heavy (non-hydrogen) atoms. The number of rotatable bonds is 4. The van der Waals surface area contributed by atoms with E-state index in [4.69, 9.17) is 22.9 Å². The van der Waals surface area contributed by atoms with Crippen molar-refractivity contribution in [2.24, 2.45) is 38.8 Å². The van der Waals surface area contributed by atoms with Crippen LogP contribution in [-0.4, -0.2) is 18.1 Å². The van der Waals surface area contributed by atoms with Gasteiger partial charge in [0.05, 0.1) is 0 Å². The third-order valence-corrected chi connectivity index (χ3v) is 3.28. The fourth-order valence-electron chi connectivity index (χ4n) is 2.59. The second-order valence-electron chi connectivity index (χ2n) is 4.87. The van der Waals surface area contributed by atoms with Crippen molar-refractivity contribution in [2.75, 3.05) is 0 Å². The van der Waals surface area contributed by atoms with Crippen LogP contribution in [0.15, 0.2) is 34.3 Å². The highest BCUT2D eigenvalue weighted by Gasteiger charge is 2.23. The summed E-state index contributed by atoms with van der Waals surface area (Å²) < 4.78 is 0. The van der Waals surface area contributed by atoms with E-state index in [-0.39, 0.29) is 24.3 Å². The lowest BCUT2D eigenvalue weighted by molar-refractivity contribution is 0.459. The van der Waals surface area contributed by atoms with Gasteiger partial charge in [0.25, 0.3) is 0 Å². The minimum absolute atomic E-state index is 0. The van der Waals surface area contributed by atoms with E-state index in [9.17, 15) is 0 Å². The molecular formula is C13H21ClN6. The number of benzene rings is 1. The summed E-state index contributed by atoms with van der Waals surface area (Å²) in [5.41, 5.74) is 24.4. The van der Waals surface area contributed by atoms with Crippen LogP contribution in [0.3, 0.4) is 0 Å². The molecule has 110 valence electrons. The molecular weight excluding hydrogens is 276 g/mol. The fourth-order valence-corrected chi connectivity index (χ4v) is 2.59. The first-order chi connectivity index (χ1) is 9.04. The molecule has 1 aliphatic rings. The number of fused-ring (bicyclic) bond motifs is 1. The van der Waals surface area contributed by atoms with Gasteiger partial charge in [0.1, 0.15) is 6.17 Å². The third kappa shape index (κ3) is 4.31. The minimum atomic E-state index is -0.394. The van der Waals surface area contributed by atoms with E-state index in [1.54, 1.807) is 0 Å². The normalized spacial score (nSPS) is 13.4. The van der Waals surface area contributed by atoms with Crippen LogP contribution < -0.4 is 22.9 Å². The minimum Gasteiger partial charge on any atom is -0.370 e. The maximum atomic E-state index is 5.40. The zero-order valence-electron chi connectivity index (χ0n) is 11.2. The molecule has 8 N–H and O–H groups in total. The number of guanidine groups is 2. The van der Waals surface area contributed by atoms with Gasteiger partial charge in [-0.2, -0.15) is 0 Å². The molecule has 0 heterocycles. The first kappa shape index (κ1) is 16.1. The number of aliphatic imine (C=N–C) groups is 2. The van der Waals surface area contributed by atoms with Gasteiger partial charge in [0.2, 0.25) is 0 Å². The van der Waals surface area contributed by atoms with Gasteiger partial charge in [0.15, 0.2) is 11.9 Å². The molecule has 6 nitrogen and oxygen atoms in total. The topological polar surface area (TPSA) is 129 Å². The van der Waals surface area contributed by atoms with Gasteiger partial charge in [-0.15, -0.1) is 12.4 Å². The number of hydrogen-bond acceptors (Lipinski definition) is 2. The van der Waals surface area contributed by atoms with E-state index < -0.39 is 6.17 Å². The maximum absolute atomic E-state index is 5.40. The lowest BCUT2D eigenvalue weighted by atomic mass is 10.0. The average molecular weight is 297 g/mol. The van der Waals surface area contributed by atoms with Gasteiger partial charge in [-0.05, 0) is 36.3 Å².